The Balaban J connectivity index is 0.000000476. The number of carboxylic acids is 4. The molecule has 0 spiro atoms. The molecule has 1 heterocycles. The number of nitrogens with zero attached hydrogens (tertiary/aromatic N) is 2. The van der Waals surface area contributed by atoms with E-state index in [2.05, 4.69) is 16.8 Å². The lowest BCUT2D eigenvalue weighted by Gasteiger charge is -2.32. The summed E-state index contributed by atoms with van der Waals surface area (Å²) in [4.78, 5) is 40.5. The highest BCUT2D eigenvalue weighted by Crippen LogP contribution is 2.32. The second-order valence-corrected chi connectivity index (χ2v) is 8.47. The van der Waals surface area contributed by atoms with Crippen LogP contribution in [0.4, 0.5) is 0 Å². The van der Waals surface area contributed by atoms with Crippen LogP contribution in [0.2, 0.25) is 10.0 Å². The summed E-state index contributed by atoms with van der Waals surface area (Å²) in [5.74, 6) is -8.74. The summed E-state index contributed by atoms with van der Waals surface area (Å²) in [5.41, 5.74) is 2.00. The second kappa shape index (κ2) is 16.5. The van der Waals surface area contributed by atoms with Crippen LogP contribution in [0.25, 0.3) is 0 Å². The van der Waals surface area contributed by atoms with Crippen LogP contribution in [0, 0.1) is 0 Å². The lowest BCUT2D eigenvalue weighted by molar-refractivity contribution is -0.345. The van der Waals surface area contributed by atoms with Gasteiger partial charge in [-0.05, 0) is 30.8 Å². The summed E-state index contributed by atoms with van der Waals surface area (Å²) < 4.78 is 6.28. The molecule has 1 unspecified atom stereocenters. The summed E-state index contributed by atoms with van der Waals surface area (Å²) in [6.45, 7) is 5.99. The smallest absolute Gasteiger partial charge is 0.109 e. The zero-order valence-electron chi connectivity index (χ0n) is 19.8. The van der Waals surface area contributed by atoms with Gasteiger partial charge in [0.05, 0.1) is 30.5 Å². The first-order valence-corrected chi connectivity index (χ1v) is 11.5. The molecule has 3 rings (SSSR count). The van der Waals surface area contributed by atoms with Gasteiger partial charge >= 0.3 is 0 Å². The summed E-state index contributed by atoms with van der Waals surface area (Å²) in [5, 5.41) is 37.1. The minimum absolute atomic E-state index is 0.208. The third kappa shape index (κ3) is 12.5. The van der Waals surface area contributed by atoms with E-state index >= 15 is 0 Å². The van der Waals surface area contributed by atoms with Gasteiger partial charge in [-0.15, -0.1) is 0 Å². The molecule has 1 aliphatic rings. The Hall–Kier alpha value is -3.22. The van der Waals surface area contributed by atoms with Gasteiger partial charge in [0.15, 0.2) is 0 Å². The maximum absolute atomic E-state index is 8.93. The van der Waals surface area contributed by atoms with Gasteiger partial charge in [0, 0.05) is 48.3 Å². The lowest BCUT2D eigenvalue weighted by atomic mass is 10.0. The summed E-state index contributed by atoms with van der Waals surface area (Å²) >= 11 is 12.6. The number of carboxylic acid groups (broad SMARTS) is 4. The molecule has 0 radical (unpaired) electrons. The molecule has 2 aromatic carbocycles. The number of ether oxygens (including phenoxy) is 1. The lowest BCUT2D eigenvalue weighted by Crippen LogP contribution is -2.45. The van der Waals surface area contributed by atoms with E-state index in [0.717, 1.165) is 43.9 Å². The number of carbonyl (C=O) groups is 4. The molecule has 0 saturated carbocycles. The maximum atomic E-state index is 8.93. The number of piperazine rings is 1. The van der Waals surface area contributed by atoms with Gasteiger partial charge in [-0.2, -0.15) is 0 Å². The van der Waals surface area contributed by atoms with Crippen LogP contribution >= 0.6 is 23.2 Å². The van der Waals surface area contributed by atoms with Crippen LogP contribution < -0.4 is 20.4 Å². The number of halogens is 2. The molecule has 11 nitrogen and oxygen atoms in total. The Bertz CT molecular complexity index is 1010. The third-order valence-electron chi connectivity index (χ3n) is 4.96. The molecular formula is C24H24Cl2N2O9-4. The van der Waals surface area contributed by atoms with E-state index in [1.54, 1.807) is 0 Å². The maximum Gasteiger partial charge on any atom is 0.109 e. The number of hydrogen-bond acceptors (Lipinski definition) is 11. The zero-order chi connectivity index (χ0) is 28.0. The van der Waals surface area contributed by atoms with Gasteiger partial charge in [0.25, 0.3) is 0 Å². The first kappa shape index (κ1) is 31.8. The molecule has 2 aromatic rings. The fraction of sp³-hybridized carbons (Fsp3) is 0.333. The summed E-state index contributed by atoms with van der Waals surface area (Å²) in [6, 6.07) is 15.7. The number of hydrogen-bond donors (Lipinski definition) is 0. The average Bonchev–Trinajstić information content (AvgIpc) is 2.84. The highest BCUT2D eigenvalue weighted by Gasteiger charge is 2.19. The van der Waals surface area contributed by atoms with Crippen LogP contribution in [-0.4, -0.2) is 80.1 Å². The monoisotopic (exact) mass is 554 g/mol. The van der Waals surface area contributed by atoms with E-state index in [0.29, 0.717) is 16.7 Å². The van der Waals surface area contributed by atoms with Crippen molar-refractivity contribution in [1.82, 2.24) is 9.80 Å². The van der Waals surface area contributed by atoms with Gasteiger partial charge in [-0.1, -0.05) is 53.5 Å². The van der Waals surface area contributed by atoms with Crippen LogP contribution in [0.3, 0.4) is 0 Å². The fourth-order valence-corrected chi connectivity index (χ4v) is 3.53. The van der Waals surface area contributed by atoms with Gasteiger partial charge < -0.3 is 49.2 Å². The van der Waals surface area contributed by atoms with Gasteiger partial charge in [-0.25, -0.2) is 0 Å². The molecule has 1 atom stereocenters. The first-order chi connectivity index (χ1) is 17.4. The fourth-order valence-electron chi connectivity index (χ4n) is 3.09. The van der Waals surface area contributed by atoms with Crippen molar-refractivity contribution in [1.29, 1.82) is 0 Å². The number of aliphatic carboxylic acids is 4. The van der Waals surface area contributed by atoms with E-state index in [-0.39, 0.29) is 6.10 Å². The molecule has 0 amide bonds. The van der Waals surface area contributed by atoms with Crippen molar-refractivity contribution >= 4 is 47.1 Å². The van der Waals surface area contributed by atoms with E-state index in [1.807, 2.05) is 48.5 Å². The van der Waals surface area contributed by atoms with Crippen LogP contribution in [0.15, 0.2) is 48.5 Å². The van der Waals surface area contributed by atoms with Crippen LogP contribution in [0.1, 0.15) is 17.2 Å². The van der Waals surface area contributed by atoms with Crippen molar-refractivity contribution in [3.63, 3.8) is 0 Å². The molecule has 0 aliphatic carbocycles. The van der Waals surface area contributed by atoms with Crippen LogP contribution in [-0.2, 0) is 23.9 Å². The Morgan fingerprint density at radius 3 is 1.86 bits per heavy atom. The van der Waals surface area contributed by atoms with E-state index in [1.165, 1.54) is 0 Å². The molecule has 0 N–H and O–H groups in total. The van der Waals surface area contributed by atoms with Gasteiger partial charge in [-0.3, -0.25) is 4.90 Å². The third-order valence-corrected chi connectivity index (χ3v) is 5.54. The number of benzene rings is 2. The molecular weight excluding hydrogens is 531 g/mol. The molecule has 1 fully saturated rings. The second-order valence-electron chi connectivity index (χ2n) is 7.62. The van der Waals surface area contributed by atoms with Crippen molar-refractivity contribution in [2.75, 3.05) is 46.4 Å². The average molecular weight is 555 g/mol. The highest BCUT2D eigenvalue weighted by atomic mass is 35.5. The highest BCUT2D eigenvalue weighted by molar-refractivity contribution is 6.31. The van der Waals surface area contributed by atoms with Crippen LogP contribution in [0.5, 0.6) is 0 Å². The zero-order valence-corrected chi connectivity index (χ0v) is 21.3. The quantitative estimate of drug-likeness (QED) is 0.340. The normalized spacial score (nSPS) is 14.2. The predicted molar refractivity (Wildman–Crippen MR) is 125 cm³/mol. The Kier molecular flexibility index (Phi) is 14.2. The van der Waals surface area contributed by atoms with Gasteiger partial charge in [0.2, 0.25) is 0 Å². The molecule has 1 aliphatic heterocycles. The largest absolute Gasteiger partial charge is 0.543 e. The topological polar surface area (TPSA) is 176 Å². The summed E-state index contributed by atoms with van der Waals surface area (Å²) in [6.07, 6.45) is -0.208. The SMILES string of the molecule is CN1CCN(CCOC(c2cccc(Cl)c2)c2ccccc2Cl)CC1.O=C([O-])C(=O)[O-].O=C([O-])C(=O)[O-]. The van der Waals surface area contributed by atoms with Crippen molar-refractivity contribution in [2.24, 2.45) is 0 Å². The Morgan fingerprint density at radius 2 is 1.38 bits per heavy atom. The molecule has 13 heteroatoms. The minimum Gasteiger partial charge on any atom is -0.543 e. The van der Waals surface area contributed by atoms with Crippen molar-refractivity contribution in [3.05, 3.63) is 69.7 Å². The predicted octanol–water partition coefficient (Wildman–Crippen LogP) is -2.68. The number of carbonyl (C=O) groups excluding carboxylic acids is 4. The molecule has 0 aromatic heterocycles. The molecule has 0 bridgehead atoms. The molecule has 1 saturated heterocycles. The Labute approximate surface area is 223 Å². The standard InChI is InChI=1S/C20H24Cl2N2O.2C2H2O4/c1-23-9-11-24(12-10-23)13-14-25-20(16-5-4-6-17(21)15-16)18-7-2-3-8-19(18)22;2*3-1(4)2(5)6/h2-8,15,20H,9-14H2,1H3;2*(H,3,4)(H,5,6)/p-4. The Morgan fingerprint density at radius 1 is 0.838 bits per heavy atom. The van der Waals surface area contributed by atoms with E-state index in [9.17, 15) is 0 Å². The van der Waals surface area contributed by atoms with Crippen molar-refractivity contribution in [2.45, 2.75) is 6.10 Å². The minimum atomic E-state index is -2.19. The molecule has 37 heavy (non-hydrogen) atoms. The molecule has 202 valence electrons. The number of likely N-dealkylation sites (N-methyl/N-ethyl adjacent to an activating group) is 1. The number of rotatable bonds is 6. The van der Waals surface area contributed by atoms with E-state index < -0.39 is 23.9 Å². The van der Waals surface area contributed by atoms with Crippen molar-refractivity contribution < 1.29 is 44.3 Å². The first-order valence-electron chi connectivity index (χ1n) is 10.8. The van der Waals surface area contributed by atoms with Crippen molar-refractivity contribution in [3.8, 4) is 0 Å². The van der Waals surface area contributed by atoms with E-state index in [4.69, 9.17) is 67.5 Å². The van der Waals surface area contributed by atoms with Gasteiger partial charge in [0.1, 0.15) is 6.10 Å². The summed E-state index contributed by atoms with van der Waals surface area (Å²) in [7, 11) is 2.17.